The topological polar surface area (TPSA) is 93.4 Å². The van der Waals surface area contributed by atoms with E-state index in [1.807, 2.05) is 0 Å². The quantitative estimate of drug-likeness (QED) is 0.691. The van der Waals surface area contributed by atoms with Crippen LogP contribution in [-0.2, 0) is 4.79 Å². The van der Waals surface area contributed by atoms with Crippen molar-refractivity contribution in [2.24, 2.45) is 11.8 Å². The molecule has 2 aliphatic rings. The second-order valence-electron chi connectivity index (χ2n) is 6.56. The summed E-state index contributed by atoms with van der Waals surface area (Å²) in [5.41, 5.74) is -0.812. The van der Waals surface area contributed by atoms with E-state index in [-0.39, 0.29) is 5.92 Å². The Morgan fingerprint density at radius 2 is 2.14 bits per heavy atom. The number of amides is 2. The smallest absolute Gasteiger partial charge is 0.408 e. The number of carboxylic acid groups (broad SMARTS) is 1. The van der Waals surface area contributed by atoms with Crippen LogP contribution < -0.4 is 5.32 Å². The van der Waals surface area contributed by atoms with Gasteiger partial charge in [0.25, 0.3) is 5.91 Å². The second kappa shape index (κ2) is 5.41. The van der Waals surface area contributed by atoms with Crippen LogP contribution in [0.5, 0.6) is 0 Å². The Balaban J connectivity index is 2.15. The molecule has 0 unspecified atom stereocenters. The SMILES string of the molecule is CC(C)C[C@H]1CN(C(=O)O)[C@@](S)(C(=O)NC2(C#N)CC2)C1. The summed E-state index contributed by atoms with van der Waals surface area (Å²) in [7, 11) is 0. The number of carbonyl (C=O) groups excluding carboxylic acids is 1. The van der Waals surface area contributed by atoms with Gasteiger partial charge in [-0.25, -0.2) is 4.79 Å². The van der Waals surface area contributed by atoms with Crippen molar-refractivity contribution in [3.63, 3.8) is 0 Å². The summed E-state index contributed by atoms with van der Waals surface area (Å²) >= 11 is 4.39. The molecule has 6 nitrogen and oxygen atoms in total. The van der Waals surface area contributed by atoms with Crippen molar-refractivity contribution in [1.82, 2.24) is 10.2 Å². The van der Waals surface area contributed by atoms with Gasteiger partial charge in [0.1, 0.15) is 5.54 Å². The molecule has 2 N–H and O–H groups in total. The van der Waals surface area contributed by atoms with Crippen molar-refractivity contribution in [3.8, 4) is 6.07 Å². The number of hydrogen-bond donors (Lipinski definition) is 3. The normalized spacial score (nSPS) is 30.0. The number of carbonyl (C=O) groups is 2. The van der Waals surface area contributed by atoms with Crippen molar-refractivity contribution in [3.05, 3.63) is 0 Å². The molecule has 0 aromatic carbocycles. The van der Waals surface area contributed by atoms with E-state index in [2.05, 4.69) is 37.9 Å². The number of nitrogens with one attached hydrogen (secondary N) is 1. The molecular formula is C14H21N3O3S. The van der Waals surface area contributed by atoms with Crippen molar-refractivity contribution >= 4 is 24.6 Å². The lowest BCUT2D eigenvalue weighted by molar-refractivity contribution is -0.127. The molecule has 21 heavy (non-hydrogen) atoms. The first-order valence-electron chi connectivity index (χ1n) is 7.19. The fourth-order valence-corrected chi connectivity index (χ4v) is 3.45. The Kier molecular flexibility index (Phi) is 4.11. The highest BCUT2D eigenvalue weighted by atomic mass is 32.1. The minimum Gasteiger partial charge on any atom is -0.465 e. The molecule has 1 saturated heterocycles. The van der Waals surface area contributed by atoms with Crippen LogP contribution in [0.2, 0.25) is 0 Å². The number of rotatable bonds is 4. The third kappa shape index (κ3) is 3.10. The molecule has 0 radical (unpaired) electrons. The Bertz CT molecular complexity index is 498. The molecule has 116 valence electrons. The summed E-state index contributed by atoms with van der Waals surface area (Å²) in [5, 5.41) is 21.1. The van der Waals surface area contributed by atoms with E-state index < -0.39 is 22.4 Å². The molecule has 2 amide bonds. The van der Waals surface area contributed by atoms with Crippen LogP contribution in [0.4, 0.5) is 4.79 Å². The molecule has 2 fully saturated rings. The molecule has 2 atom stereocenters. The zero-order chi connectivity index (χ0) is 15.8. The number of likely N-dealkylation sites (tertiary alicyclic amines) is 1. The van der Waals surface area contributed by atoms with Gasteiger partial charge >= 0.3 is 6.09 Å². The minimum absolute atomic E-state index is 0.113. The van der Waals surface area contributed by atoms with Crippen LogP contribution >= 0.6 is 12.6 Å². The van der Waals surface area contributed by atoms with Gasteiger partial charge in [-0.3, -0.25) is 9.69 Å². The molecule has 1 aliphatic carbocycles. The predicted octanol–water partition coefficient (Wildman–Crippen LogP) is 1.83. The van der Waals surface area contributed by atoms with Gasteiger partial charge in [0.2, 0.25) is 0 Å². The van der Waals surface area contributed by atoms with Gasteiger partial charge in [-0.15, -0.1) is 12.6 Å². The fourth-order valence-electron chi connectivity index (χ4n) is 2.97. The van der Waals surface area contributed by atoms with Gasteiger partial charge in [0, 0.05) is 6.54 Å². The van der Waals surface area contributed by atoms with Gasteiger partial charge in [-0.05, 0) is 37.5 Å². The summed E-state index contributed by atoms with van der Waals surface area (Å²) in [4.78, 5) is 23.6. The van der Waals surface area contributed by atoms with E-state index in [1.54, 1.807) is 0 Å². The summed E-state index contributed by atoms with van der Waals surface area (Å²) in [6.45, 7) is 4.45. The van der Waals surface area contributed by atoms with Gasteiger partial charge < -0.3 is 10.4 Å². The van der Waals surface area contributed by atoms with E-state index in [1.165, 1.54) is 0 Å². The molecule has 0 bridgehead atoms. The first kappa shape index (κ1) is 16.0. The fraction of sp³-hybridized carbons (Fsp3) is 0.786. The molecule has 1 saturated carbocycles. The standard InChI is InChI=1S/C14H21N3O3S/c1-9(2)5-10-6-14(21,17(7-10)12(19)20)11(18)16-13(8-15)3-4-13/h9-10,21H,3-7H2,1-2H3,(H,16,18)(H,19,20)/t10-,14+/m1/s1. The molecule has 0 spiro atoms. The molecule has 7 heteroatoms. The van der Waals surface area contributed by atoms with E-state index in [0.29, 0.717) is 31.7 Å². The number of nitrogens with zero attached hydrogens (tertiary/aromatic N) is 2. The molecular weight excluding hydrogens is 290 g/mol. The summed E-state index contributed by atoms with van der Waals surface area (Å²) in [6.07, 6.45) is 1.31. The number of nitriles is 1. The van der Waals surface area contributed by atoms with E-state index >= 15 is 0 Å². The highest BCUT2D eigenvalue weighted by molar-refractivity contribution is 7.82. The lowest BCUT2D eigenvalue weighted by atomic mass is 9.94. The molecule has 2 rings (SSSR count). The predicted molar refractivity (Wildman–Crippen MR) is 79.7 cm³/mol. The Labute approximate surface area is 129 Å². The van der Waals surface area contributed by atoms with Crippen LogP contribution in [-0.4, -0.2) is 39.0 Å². The molecule has 0 aromatic rings. The number of hydrogen-bond acceptors (Lipinski definition) is 4. The first-order chi connectivity index (χ1) is 9.72. The van der Waals surface area contributed by atoms with Crippen LogP contribution in [0, 0.1) is 23.2 Å². The molecule has 1 aliphatic heterocycles. The average molecular weight is 311 g/mol. The zero-order valence-electron chi connectivity index (χ0n) is 12.3. The van der Waals surface area contributed by atoms with Gasteiger partial charge in [0.15, 0.2) is 4.87 Å². The average Bonchev–Trinajstić information content (AvgIpc) is 3.06. The highest BCUT2D eigenvalue weighted by Crippen LogP contribution is 2.41. The van der Waals surface area contributed by atoms with Crippen LogP contribution in [0.25, 0.3) is 0 Å². The van der Waals surface area contributed by atoms with Crippen molar-refractivity contribution in [1.29, 1.82) is 5.26 Å². The third-order valence-electron chi connectivity index (χ3n) is 4.18. The molecule has 1 heterocycles. The maximum atomic E-state index is 12.5. The summed E-state index contributed by atoms with van der Waals surface area (Å²) in [5.74, 6) is 0.0680. The van der Waals surface area contributed by atoms with E-state index in [9.17, 15) is 14.7 Å². The maximum absolute atomic E-state index is 12.5. The lowest BCUT2D eigenvalue weighted by Crippen LogP contribution is -2.55. The minimum atomic E-state index is -1.38. The van der Waals surface area contributed by atoms with E-state index in [4.69, 9.17) is 5.26 Å². The van der Waals surface area contributed by atoms with Gasteiger partial charge in [-0.2, -0.15) is 5.26 Å². The van der Waals surface area contributed by atoms with Crippen LogP contribution in [0.3, 0.4) is 0 Å². The Hall–Kier alpha value is -1.42. The highest BCUT2D eigenvalue weighted by Gasteiger charge is 2.55. The second-order valence-corrected chi connectivity index (χ2v) is 7.30. The monoisotopic (exact) mass is 311 g/mol. The number of thiol groups is 1. The Morgan fingerprint density at radius 1 is 1.52 bits per heavy atom. The van der Waals surface area contributed by atoms with E-state index in [0.717, 1.165) is 11.3 Å². The Morgan fingerprint density at radius 3 is 2.57 bits per heavy atom. The van der Waals surface area contributed by atoms with Gasteiger partial charge in [-0.1, -0.05) is 13.8 Å². The first-order valence-corrected chi connectivity index (χ1v) is 7.64. The van der Waals surface area contributed by atoms with Crippen LogP contribution in [0.15, 0.2) is 0 Å². The lowest BCUT2D eigenvalue weighted by Gasteiger charge is -2.31. The molecule has 0 aromatic heterocycles. The summed E-state index contributed by atoms with van der Waals surface area (Å²) < 4.78 is 0. The van der Waals surface area contributed by atoms with Crippen LogP contribution in [0.1, 0.15) is 39.5 Å². The van der Waals surface area contributed by atoms with Crippen molar-refractivity contribution < 1.29 is 14.7 Å². The summed E-state index contributed by atoms with van der Waals surface area (Å²) in [6, 6.07) is 2.08. The van der Waals surface area contributed by atoms with Crippen molar-refractivity contribution in [2.45, 2.75) is 49.9 Å². The largest absolute Gasteiger partial charge is 0.465 e. The van der Waals surface area contributed by atoms with Crippen molar-refractivity contribution in [2.75, 3.05) is 6.54 Å². The zero-order valence-corrected chi connectivity index (χ0v) is 13.2. The third-order valence-corrected chi connectivity index (χ3v) is 4.80. The van der Waals surface area contributed by atoms with Gasteiger partial charge in [0.05, 0.1) is 6.07 Å². The maximum Gasteiger partial charge on any atom is 0.408 e.